The largest absolute Gasteiger partial charge is 0.466 e. The molecule has 0 spiro atoms. The number of esters is 1. The van der Waals surface area contributed by atoms with Crippen LogP contribution in [0.3, 0.4) is 0 Å². The molecule has 4 heteroatoms. The van der Waals surface area contributed by atoms with E-state index in [2.05, 4.69) is 0 Å². The van der Waals surface area contributed by atoms with Crippen molar-refractivity contribution in [3.05, 3.63) is 48.0 Å². The minimum absolute atomic E-state index is 0.220. The molecule has 0 saturated heterocycles. The standard InChI is InChI=1S/C16H18O4/c1-2-20-15(18)10-14(17)16(19)13-8-7-11-5-3-4-6-12(11)9-13/h3-9,14,16-17,19H,2,10H2,1H3. The first-order chi connectivity index (χ1) is 9.61. The zero-order valence-electron chi connectivity index (χ0n) is 11.3. The molecule has 2 atom stereocenters. The van der Waals surface area contributed by atoms with Crippen LogP contribution in [0.25, 0.3) is 10.8 Å². The average molecular weight is 274 g/mol. The molecule has 0 bridgehead atoms. The zero-order chi connectivity index (χ0) is 14.5. The van der Waals surface area contributed by atoms with E-state index in [0.717, 1.165) is 10.8 Å². The summed E-state index contributed by atoms with van der Waals surface area (Å²) in [7, 11) is 0. The van der Waals surface area contributed by atoms with Crippen molar-refractivity contribution in [2.75, 3.05) is 6.61 Å². The van der Waals surface area contributed by atoms with Gasteiger partial charge in [0.15, 0.2) is 0 Å². The van der Waals surface area contributed by atoms with Crippen molar-refractivity contribution in [1.82, 2.24) is 0 Å². The zero-order valence-corrected chi connectivity index (χ0v) is 11.3. The molecule has 2 N–H and O–H groups in total. The number of fused-ring (bicyclic) bond motifs is 1. The van der Waals surface area contributed by atoms with Crippen LogP contribution in [0.2, 0.25) is 0 Å². The molecule has 2 aromatic carbocycles. The molecule has 0 aromatic heterocycles. The molecule has 0 saturated carbocycles. The molecule has 2 aromatic rings. The number of hydrogen-bond donors (Lipinski definition) is 2. The van der Waals surface area contributed by atoms with E-state index >= 15 is 0 Å². The number of carbonyl (C=O) groups excluding carboxylic acids is 1. The third-order valence-corrected chi connectivity index (χ3v) is 3.16. The van der Waals surface area contributed by atoms with Crippen molar-refractivity contribution < 1.29 is 19.7 Å². The summed E-state index contributed by atoms with van der Waals surface area (Å²) in [5, 5.41) is 22.0. The van der Waals surface area contributed by atoms with Crippen LogP contribution in [0.1, 0.15) is 25.0 Å². The summed E-state index contributed by atoms with van der Waals surface area (Å²) in [5.74, 6) is -0.514. The second-order valence-electron chi connectivity index (χ2n) is 4.63. The van der Waals surface area contributed by atoms with E-state index in [-0.39, 0.29) is 13.0 Å². The Balaban J connectivity index is 2.13. The predicted molar refractivity (Wildman–Crippen MR) is 76.2 cm³/mol. The summed E-state index contributed by atoms with van der Waals surface area (Å²) < 4.78 is 4.76. The second kappa shape index (κ2) is 6.50. The molecule has 0 fully saturated rings. The molecule has 0 aliphatic carbocycles. The number of rotatable bonds is 5. The number of ether oxygens (including phenoxy) is 1. The van der Waals surface area contributed by atoms with E-state index in [1.165, 1.54) is 0 Å². The highest BCUT2D eigenvalue weighted by Crippen LogP contribution is 2.23. The summed E-state index contributed by atoms with van der Waals surface area (Å²) in [6.07, 6.45) is -2.50. The van der Waals surface area contributed by atoms with Crippen LogP contribution in [-0.4, -0.2) is 28.9 Å². The van der Waals surface area contributed by atoms with E-state index in [4.69, 9.17) is 4.74 Å². The van der Waals surface area contributed by atoms with Crippen LogP contribution in [0.4, 0.5) is 0 Å². The molecule has 2 unspecified atom stereocenters. The summed E-state index contributed by atoms with van der Waals surface area (Å²) in [6, 6.07) is 13.2. The summed E-state index contributed by atoms with van der Waals surface area (Å²) in [6.45, 7) is 1.96. The molecule has 0 radical (unpaired) electrons. The molecular weight excluding hydrogens is 256 g/mol. The Morgan fingerprint density at radius 2 is 1.85 bits per heavy atom. The van der Waals surface area contributed by atoms with Gasteiger partial charge in [0.25, 0.3) is 0 Å². The third kappa shape index (κ3) is 3.35. The van der Waals surface area contributed by atoms with Gasteiger partial charge in [-0.1, -0.05) is 36.4 Å². The highest BCUT2D eigenvalue weighted by Gasteiger charge is 2.22. The quantitative estimate of drug-likeness (QED) is 0.820. The minimum Gasteiger partial charge on any atom is -0.466 e. The molecule has 2 rings (SSSR count). The maximum atomic E-state index is 11.3. The van der Waals surface area contributed by atoms with Gasteiger partial charge < -0.3 is 14.9 Å². The lowest BCUT2D eigenvalue weighted by Gasteiger charge is -2.18. The third-order valence-electron chi connectivity index (χ3n) is 3.16. The van der Waals surface area contributed by atoms with E-state index < -0.39 is 18.2 Å². The van der Waals surface area contributed by atoms with Crippen LogP contribution in [0.15, 0.2) is 42.5 Å². The lowest BCUT2D eigenvalue weighted by molar-refractivity contribution is -0.147. The number of carbonyl (C=O) groups is 1. The van der Waals surface area contributed by atoms with Crippen LogP contribution in [0, 0.1) is 0 Å². The smallest absolute Gasteiger partial charge is 0.308 e. The Hall–Kier alpha value is -1.91. The molecule has 0 aliphatic heterocycles. The van der Waals surface area contributed by atoms with Gasteiger partial charge in [-0.15, -0.1) is 0 Å². The highest BCUT2D eigenvalue weighted by atomic mass is 16.5. The Bertz CT molecular complexity index is 594. The fourth-order valence-corrected chi connectivity index (χ4v) is 2.12. The Labute approximate surface area is 117 Å². The topological polar surface area (TPSA) is 66.8 Å². The van der Waals surface area contributed by atoms with Crippen LogP contribution in [0.5, 0.6) is 0 Å². The van der Waals surface area contributed by atoms with Crippen molar-refractivity contribution in [2.45, 2.75) is 25.6 Å². The second-order valence-corrected chi connectivity index (χ2v) is 4.63. The molecule has 20 heavy (non-hydrogen) atoms. The molecule has 106 valence electrons. The molecule has 0 amide bonds. The van der Waals surface area contributed by atoms with Crippen LogP contribution >= 0.6 is 0 Å². The van der Waals surface area contributed by atoms with Gasteiger partial charge in [-0.25, -0.2) is 0 Å². The van der Waals surface area contributed by atoms with Gasteiger partial charge in [-0.2, -0.15) is 0 Å². The number of aliphatic hydroxyl groups excluding tert-OH is 2. The van der Waals surface area contributed by atoms with E-state index in [9.17, 15) is 15.0 Å². The fourth-order valence-electron chi connectivity index (χ4n) is 2.12. The van der Waals surface area contributed by atoms with E-state index in [1.807, 2.05) is 36.4 Å². The van der Waals surface area contributed by atoms with Crippen molar-refractivity contribution in [3.8, 4) is 0 Å². The van der Waals surface area contributed by atoms with Gasteiger partial charge in [0.1, 0.15) is 6.10 Å². The average Bonchev–Trinajstić information content (AvgIpc) is 2.46. The van der Waals surface area contributed by atoms with Crippen LogP contribution < -0.4 is 0 Å². The molecule has 0 aliphatic rings. The number of aliphatic hydroxyl groups is 2. The number of hydrogen-bond acceptors (Lipinski definition) is 4. The van der Waals surface area contributed by atoms with Gasteiger partial charge in [0.2, 0.25) is 0 Å². The van der Waals surface area contributed by atoms with Crippen molar-refractivity contribution in [1.29, 1.82) is 0 Å². The summed E-state index contributed by atoms with van der Waals surface area (Å²) >= 11 is 0. The first kappa shape index (κ1) is 14.5. The lowest BCUT2D eigenvalue weighted by Crippen LogP contribution is -2.23. The number of benzene rings is 2. The Kier molecular flexibility index (Phi) is 4.71. The van der Waals surface area contributed by atoms with Gasteiger partial charge in [-0.05, 0) is 29.3 Å². The maximum absolute atomic E-state index is 11.3. The normalized spacial score (nSPS) is 13.9. The molecule has 4 nitrogen and oxygen atoms in total. The lowest BCUT2D eigenvalue weighted by atomic mass is 9.99. The summed E-state index contributed by atoms with van der Waals surface area (Å²) in [5.41, 5.74) is 0.584. The van der Waals surface area contributed by atoms with Gasteiger partial charge in [0, 0.05) is 0 Å². The van der Waals surface area contributed by atoms with Gasteiger partial charge in [-0.3, -0.25) is 4.79 Å². The van der Waals surface area contributed by atoms with Crippen molar-refractivity contribution in [3.63, 3.8) is 0 Å². The highest BCUT2D eigenvalue weighted by molar-refractivity contribution is 5.83. The fraction of sp³-hybridized carbons (Fsp3) is 0.312. The minimum atomic E-state index is -1.17. The van der Waals surface area contributed by atoms with Gasteiger partial charge >= 0.3 is 5.97 Å². The van der Waals surface area contributed by atoms with Gasteiger partial charge in [0.05, 0.1) is 19.1 Å². The van der Waals surface area contributed by atoms with Crippen molar-refractivity contribution in [2.24, 2.45) is 0 Å². The molecular formula is C16H18O4. The first-order valence-electron chi connectivity index (χ1n) is 6.62. The van der Waals surface area contributed by atoms with Crippen molar-refractivity contribution >= 4 is 16.7 Å². The Morgan fingerprint density at radius 1 is 1.15 bits per heavy atom. The monoisotopic (exact) mass is 274 g/mol. The SMILES string of the molecule is CCOC(=O)CC(O)C(O)c1ccc2ccccc2c1. The first-order valence-corrected chi connectivity index (χ1v) is 6.62. The van der Waals surface area contributed by atoms with E-state index in [0.29, 0.717) is 5.56 Å². The Morgan fingerprint density at radius 3 is 2.55 bits per heavy atom. The molecule has 0 heterocycles. The maximum Gasteiger partial charge on any atom is 0.308 e. The van der Waals surface area contributed by atoms with E-state index in [1.54, 1.807) is 13.0 Å². The van der Waals surface area contributed by atoms with Crippen LogP contribution in [-0.2, 0) is 9.53 Å². The predicted octanol–water partition coefficient (Wildman–Crippen LogP) is 2.19. The summed E-state index contributed by atoms with van der Waals surface area (Å²) in [4.78, 5) is 11.3.